The first-order valence-electron chi connectivity index (χ1n) is 8.36. The zero-order chi connectivity index (χ0) is 17.9. The number of halogens is 1. The van der Waals surface area contributed by atoms with E-state index in [1.54, 1.807) is 0 Å². The van der Waals surface area contributed by atoms with Crippen LogP contribution in [0.25, 0.3) is 0 Å². The Morgan fingerprint density at radius 3 is 3.40 bits per heavy atom. The molecular weight excluding hydrogens is 190 g/mol. The molecule has 0 radical (unpaired) electrons. The molecule has 0 saturated heterocycles. The largest absolute Gasteiger partial charge is 0.353 e. The lowest BCUT2D eigenvalue weighted by Gasteiger charge is -2.04. The van der Waals surface area contributed by atoms with Gasteiger partial charge in [0.25, 0.3) is 0 Å². The molecule has 2 heteroatoms. The first-order chi connectivity index (χ1) is 9.51. The Balaban J connectivity index is 3.81. The van der Waals surface area contributed by atoms with Gasteiger partial charge >= 0.3 is 0 Å². The molecular formula is C8H12BrN. The highest BCUT2D eigenvalue weighted by atomic mass is 79.9. The molecule has 0 amide bonds. The molecule has 1 nitrogen and oxygen atoms in total. The molecule has 0 N–H and O–H groups in total. The van der Waals surface area contributed by atoms with Crippen LogP contribution in [0.4, 0.5) is 0 Å². The molecule has 0 bridgehead atoms. The van der Waals surface area contributed by atoms with Crippen molar-refractivity contribution >= 4 is 15.9 Å². The molecule has 0 aliphatic carbocycles. The summed E-state index contributed by atoms with van der Waals surface area (Å²) in [6, 6.07) is -0.604. The van der Waals surface area contributed by atoms with Gasteiger partial charge in [-0.05, 0) is 27.9 Å². The highest BCUT2D eigenvalue weighted by molar-refractivity contribution is 9.10. The van der Waals surface area contributed by atoms with Crippen molar-refractivity contribution in [3.63, 3.8) is 0 Å². The third-order valence-corrected chi connectivity index (χ3v) is 1.09. The van der Waals surface area contributed by atoms with Crippen molar-refractivity contribution < 1.29 is 16.4 Å². The molecule has 1 rings (SSSR count). The molecule has 0 saturated carbocycles. The molecule has 0 spiro atoms. The third kappa shape index (κ3) is 2.18. The highest BCUT2D eigenvalue weighted by Gasteiger charge is 1.95. The fraction of sp³-hybridized carbons (Fsp3) is 0.500. The molecule has 10 heavy (non-hydrogen) atoms. The zero-order valence-corrected chi connectivity index (χ0v) is 6.41. The van der Waals surface area contributed by atoms with E-state index in [1.165, 1.54) is 0 Å². The van der Waals surface area contributed by atoms with Gasteiger partial charge in [0.05, 0.1) is 4.11 Å². The van der Waals surface area contributed by atoms with E-state index in [2.05, 4.69) is 15.9 Å². The first kappa shape index (κ1) is 1.58. The number of rotatable bonds is 2. The number of hydrogen-bond acceptors (Lipinski definition) is 0. The van der Waals surface area contributed by atoms with Gasteiger partial charge in [-0.1, -0.05) is 13.7 Å². The van der Waals surface area contributed by atoms with Crippen LogP contribution in [-0.2, 0) is 6.50 Å². The lowest BCUT2D eigenvalue weighted by molar-refractivity contribution is 0.524. The van der Waals surface area contributed by atoms with Crippen molar-refractivity contribution in [2.45, 2.75) is 20.2 Å². The van der Waals surface area contributed by atoms with E-state index in [4.69, 9.17) is 16.4 Å². The second-order valence-corrected chi connectivity index (χ2v) is 2.28. The number of nitrogens with zero attached hydrogens (tertiary/aromatic N) is 1. The molecule has 1 heterocycles. The van der Waals surface area contributed by atoms with Gasteiger partial charge in [0.2, 0.25) is 0 Å². The van der Waals surface area contributed by atoms with Gasteiger partial charge in [-0.25, -0.2) is 0 Å². The van der Waals surface area contributed by atoms with Crippen LogP contribution in [-0.4, -0.2) is 4.57 Å². The summed E-state index contributed by atoms with van der Waals surface area (Å²) in [5.74, 6) is -3.64. The molecule has 56 valence electrons. The van der Waals surface area contributed by atoms with Crippen LogP contribution in [0.2, 0.25) is 0 Å². The minimum Gasteiger partial charge on any atom is -0.353 e. The second-order valence-electron chi connectivity index (χ2n) is 1.48. The smallest absolute Gasteiger partial charge is 0.0830 e. The van der Waals surface area contributed by atoms with Gasteiger partial charge < -0.3 is 4.57 Å². The third-order valence-electron chi connectivity index (χ3n) is 0.711. The van der Waals surface area contributed by atoms with E-state index in [9.17, 15) is 0 Å². The van der Waals surface area contributed by atoms with Crippen LogP contribution in [0.3, 0.4) is 0 Å². The summed E-state index contributed by atoms with van der Waals surface area (Å²) in [5, 5.41) is 0. The SMILES string of the molecule is [2H]c1c(Br)c([2H])n(C([2H])([2H])C([2H])(C([2H])([2H])[2H])C([2H])([2H])[2H])c1[2H]. The van der Waals surface area contributed by atoms with Gasteiger partial charge in [-0.3, -0.25) is 0 Å². The quantitative estimate of drug-likeness (QED) is 0.713. The van der Waals surface area contributed by atoms with Crippen molar-refractivity contribution in [2.75, 3.05) is 0 Å². The molecule has 0 unspecified atom stereocenters. The average molecular weight is 214 g/mol. The Kier molecular flexibility index (Phi) is 0.512. The van der Waals surface area contributed by atoms with Crippen LogP contribution in [0.5, 0.6) is 0 Å². The minimum atomic E-state index is -3.64. The van der Waals surface area contributed by atoms with Gasteiger partial charge in [-0.2, -0.15) is 0 Å². The van der Waals surface area contributed by atoms with Gasteiger partial charge in [0.15, 0.2) is 0 Å². The molecule has 1 aromatic heterocycles. The molecule has 1 aromatic rings. The summed E-state index contributed by atoms with van der Waals surface area (Å²) in [6.07, 6.45) is -1.68. The molecule has 0 aliphatic heterocycles. The zero-order valence-electron chi connectivity index (χ0n) is 16.8. The van der Waals surface area contributed by atoms with Crippen LogP contribution in [0, 0.1) is 5.89 Å². The fourth-order valence-electron chi connectivity index (χ4n) is 0.427. The van der Waals surface area contributed by atoms with Gasteiger partial charge in [0.1, 0.15) is 0 Å². The van der Waals surface area contributed by atoms with E-state index in [-0.39, 0.29) is 9.04 Å². The highest BCUT2D eigenvalue weighted by Crippen LogP contribution is 2.10. The summed E-state index contributed by atoms with van der Waals surface area (Å²) < 4.78 is 90.2. The Labute approximate surface area is 87.0 Å². The predicted octanol–water partition coefficient (Wildman–Crippen LogP) is 2.91. The lowest BCUT2D eigenvalue weighted by atomic mass is 10.2. The van der Waals surface area contributed by atoms with Crippen molar-refractivity contribution in [3.05, 3.63) is 22.9 Å². The van der Waals surface area contributed by atoms with Crippen LogP contribution < -0.4 is 0 Å². The van der Waals surface area contributed by atoms with E-state index in [0.29, 0.717) is 0 Å². The molecule has 0 atom stereocenters. The Morgan fingerprint density at radius 1 is 2.10 bits per heavy atom. The van der Waals surface area contributed by atoms with Crippen LogP contribution >= 0.6 is 15.9 Å². The van der Waals surface area contributed by atoms with E-state index >= 15 is 0 Å². The molecule has 0 aliphatic rings. The minimum absolute atomic E-state index is 0.130. The topological polar surface area (TPSA) is 4.93 Å². The summed E-state index contributed by atoms with van der Waals surface area (Å²) in [4.78, 5) is 0. The monoisotopic (exact) mass is 213 g/mol. The molecule has 0 aromatic carbocycles. The molecule has 0 fully saturated rings. The summed E-state index contributed by atoms with van der Waals surface area (Å²) >= 11 is 2.79. The van der Waals surface area contributed by atoms with E-state index in [1.807, 2.05) is 0 Å². The number of aromatic nitrogens is 1. The average Bonchev–Trinajstić information content (AvgIpc) is 2.50. The lowest BCUT2D eigenvalue weighted by Crippen LogP contribution is -2.00. The maximum absolute atomic E-state index is 7.90. The maximum Gasteiger partial charge on any atom is 0.0830 e. The summed E-state index contributed by atoms with van der Waals surface area (Å²) in [6.45, 7) is -10.6. The normalized spacial score (nSPS) is 33.3. The van der Waals surface area contributed by atoms with Crippen molar-refractivity contribution in [2.24, 2.45) is 5.89 Å². The Hall–Kier alpha value is -0.240. The van der Waals surface area contributed by atoms with Gasteiger partial charge in [0, 0.05) is 35.7 Å². The predicted molar refractivity (Wildman–Crippen MR) is 47.0 cm³/mol. The van der Waals surface area contributed by atoms with Crippen LogP contribution in [0.15, 0.2) is 22.9 Å². The fourth-order valence-corrected chi connectivity index (χ4v) is 0.693. The second kappa shape index (κ2) is 3.24. The van der Waals surface area contributed by atoms with Crippen molar-refractivity contribution in [1.82, 2.24) is 4.57 Å². The van der Waals surface area contributed by atoms with Crippen molar-refractivity contribution in [3.8, 4) is 0 Å². The first-order valence-corrected chi connectivity index (χ1v) is 3.15. The van der Waals surface area contributed by atoms with Crippen molar-refractivity contribution in [1.29, 1.82) is 0 Å². The summed E-state index contributed by atoms with van der Waals surface area (Å²) in [5.41, 5.74) is 0. The standard InChI is InChI=1S/C8H12BrN/c1-7(2)5-10-4-3-8(9)6-10/h3-4,6-7H,5H2,1-2H3/i1D3,2D3,3D,4D,5D2,6D,7D. The maximum atomic E-state index is 7.90. The Morgan fingerprint density at radius 2 is 2.90 bits per heavy atom. The Bertz CT molecular complexity index is 542. The number of hydrogen-bond donors (Lipinski definition) is 0. The van der Waals surface area contributed by atoms with E-state index in [0.717, 1.165) is 0 Å². The van der Waals surface area contributed by atoms with E-state index < -0.39 is 44.5 Å². The van der Waals surface area contributed by atoms with Crippen LogP contribution in [0.1, 0.15) is 30.2 Å². The van der Waals surface area contributed by atoms with Gasteiger partial charge in [-0.15, -0.1) is 0 Å². The summed E-state index contributed by atoms with van der Waals surface area (Å²) in [7, 11) is 0.